The molecule has 0 saturated heterocycles. The highest BCUT2D eigenvalue weighted by atomic mass is 16.5. The van der Waals surface area contributed by atoms with Crippen LogP contribution in [0.25, 0.3) is 0 Å². The van der Waals surface area contributed by atoms with Crippen LogP contribution in [0.2, 0.25) is 0 Å². The molecule has 0 aliphatic carbocycles. The summed E-state index contributed by atoms with van der Waals surface area (Å²) in [4.78, 5) is 8.66. The SMILES string of the molecule is CNC(C)Cc1noc(CCc2nc(C(C)C)no2)n1. The zero-order chi connectivity index (χ0) is 14.5. The average Bonchev–Trinajstić information content (AvgIpc) is 3.05. The second-order valence-corrected chi connectivity index (χ2v) is 5.20. The first-order chi connectivity index (χ1) is 9.58. The maximum Gasteiger partial charge on any atom is 0.227 e. The summed E-state index contributed by atoms with van der Waals surface area (Å²) < 4.78 is 10.4. The van der Waals surface area contributed by atoms with Crippen molar-refractivity contribution in [3.63, 3.8) is 0 Å². The maximum absolute atomic E-state index is 5.21. The van der Waals surface area contributed by atoms with E-state index in [1.54, 1.807) is 0 Å². The van der Waals surface area contributed by atoms with Gasteiger partial charge in [-0.15, -0.1) is 0 Å². The van der Waals surface area contributed by atoms with Crippen molar-refractivity contribution in [2.24, 2.45) is 0 Å². The Hall–Kier alpha value is -1.76. The molecular weight excluding hydrogens is 258 g/mol. The molecule has 0 aliphatic rings. The monoisotopic (exact) mass is 279 g/mol. The van der Waals surface area contributed by atoms with Crippen LogP contribution in [0, 0.1) is 0 Å². The summed E-state index contributed by atoms with van der Waals surface area (Å²) in [5, 5.41) is 11.0. The Morgan fingerprint density at radius 2 is 1.65 bits per heavy atom. The van der Waals surface area contributed by atoms with Crippen molar-refractivity contribution in [1.82, 2.24) is 25.6 Å². The van der Waals surface area contributed by atoms with Crippen LogP contribution in [0.15, 0.2) is 9.05 Å². The lowest BCUT2D eigenvalue weighted by Gasteiger charge is -2.04. The molecule has 0 spiro atoms. The van der Waals surface area contributed by atoms with Crippen LogP contribution >= 0.6 is 0 Å². The molecule has 0 aromatic carbocycles. The molecule has 2 rings (SSSR count). The third kappa shape index (κ3) is 3.86. The van der Waals surface area contributed by atoms with Crippen LogP contribution in [-0.2, 0) is 19.3 Å². The molecule has 1 atom stereocenters. The van der Waals surface area contributed by atoms with Crippen molar-refractivity contribution in [2.75, 3.05) is 7.05 Å². The number of aryl methyl sites for hydroxylation is 2. The van der Waals surface area contributed by atoms with Gasteiger partial charge in [-0.05, 0) is 14.0 Å². The molecule has 7 heteroatoms. The second kappa shape index (κ2) is 6.60. The molecule has 1 unspecified atom stereocenters. The van der Waals surface area contributed by atoms with Crippen LogP contribution in [0.4, 0.5) is 0 Å². The van der Waals surface area contributed by atoms with E-state index in [9.17, 15) is 0 Å². The number of nitrogens with zero attached hydrogens (tertiary/aromatic N) is 4. The molecule has 2 aromatic rings. The van der Waals surface area contributed by atoms with Gasteiger partial charge in [-0.25, -0.2) is 0 Å². The van der Waals surface area contributed by atoms with Gasteiger partial charge in [0.2, 0.25) is 11.8 Å². The molecule has 110 valence electrons. The quantitative estimate of drug-likeness (QED) is 0.821. The minimum Gasteiger partial charge on any atom is -0.339 e. The minimum atomic E-state index is 0.269. The van der Waals surface area contributed by atoms with Crippen LogP contribution in [0.1, 0.15) is 50.1 Å². The predicted octanol–water partition coefficient (Wildman–Crippen LogP) is 1.51. The van der Waals surface area contributed by atoms with Gasteiger partial charge in [0.25, 0.3) is 0 Å². The van der Waals surface area contributed by atoms with Crippen LogP contribution < -0.4 is 5.32 Å². The summed E-state index contributed by atoms with van der Waals surface area (Å²) in [7, 11) is 1.91. The van der Waals surface area contributed by atoms with Gasteiger partial charge in [0.15, 0.2) is 11.6 Å². The number of rotatable bonds is 7. The minimum absolute atomic E-state index is 0.269. The average molecular weight is 279 g/mol. The van der Waals surface area contributed by atoms with Crippen LogP contribution in [0.5, 0.6) is 0 Å². The molecule has 0 radical (unpaired) electrons. The van der Waals surface area contributed by atoms with E-state index in [1.165, 1.54) is 0 Å². The zero-order valence-electron chi connectivity index (χ0n) is 12.4. The van der Waals surface area contributed by atoms with Gasteiger partial charge in [0.05, 0.1) is 0 Å². The van der Waals surface area contributed by atoms with E-state index in [0.717, 1.165) is 18.1 Å². The maximum atomic E-state index is 5.21. The molecule has 0 fully saturated rings. The normalized spacial score (nSPS) is 13.1. The molecule has 2 heterocycles. The summed E-state index contributed by atoms with van der Waals surface area (Å²) in [6, 6.07) is 0.324. The molecule has 7 nitrogen and oxygen atoms in total. The third-order valence-electron chi connectivity index (χ3n) is 3.04. The highest BCUT2D eigenvalue weighted by Gasteiger charge is 2.13. The fourth-order valence-corrected chi connectivity index (χ4v) is 1.67. The number of nitrogens with one attached hydrogen (secondary N) is 1. The molecule has 1 N–H and O–H groups in total. The smallest absolute Gasteiger partial charge is 0.227 e. The predicted molar refractivity (Wildman–Crippen MR) is 72.3 cm³/mol. The lowest BCUT2D eigenvalue weighted by molar-refractivity contribution is 0.348. The fraction of sp³-hybridized carbons (Fsp3) is 0.692. The van der Waals surface area contributed by atoms with Crippen LogP contribution in [-0.4, -0.2) is 33.4 Å². The Bertz CT molecular complexity index is 534. The van der Waals surface area contributed by atoms with Crippen molar-refractivity contribution in [2.45, 2.75) is 52.0 Å². The van der Waals surface area contributed by atoms with E-state index in [1.807, 2.05) is 20.9 Å². The van der Waals surface area contributed by atoms with Crippen LogP contribution in [0.3, 0.4) is 0 Å². The lowest BCUT2D eigenvalue weighted by atomic mass is 10.2. The van der Waals surface area contributed by atoms with Crippen molar-refractivity contribution < 1.29 is 9.05 Å². The third-order valence-corrected chi connectivity index (χ3v) is 3.04. The lowest BCUT2D eigenvalue weighted by Crippen LogP contribution is -2.24. The summed E-state index contributed by atoms with van der Waals surface area (Å²) in [6.45, 7) is 6.13. The topological polar surface area (TPSA) is 89.9 Å². The summed E-state index contributed by atoms with van der Waals surface area (Å²) in [6.07, 6.45) is 1.97. The first kappa shape index (κ1) is 14.6. The van der Waals surface area contributed by atoms with Gasteiger partial charge in [0.1, 0.15) is 0 Å². The van der Waals surface area contributed by atoms with Gasteiger partial charge >= 0.3 is 0 Å². The summed E-state index contributed by atoms with van der Waals surface area (Å²) in [5.41, 5.74) is 0. The standard InChI is InChI=1S/C13H21N5O2/c1-8(2)13-16-12(20-18-13)6-5-11-15-10(17-19-11)7-9(3)14-4/h8-9,14H,5-7H2,1-4H3. The molecule has 20 heavy (non-hydrogen) atoms. The van der Waals surface area contributed by atoms with E-state index in [-0.39, 0.29) is 5.92 Å². The van der Waals surface area contributed by atoms with E-state index >= 15 is 0 Å². The van der Waals surface area contributed by atoms with Crippen molar-refractivity contribution in [3.05, 3.63) is 23.4 Å². The Kier molecular flexibility index (Phi) is 4.84. The second-order valence-electron chi connectivity index (χ2n) is 5.20. The Morgan fingerprint density at radius 1 is 1.00 bits per heavy atom. The zero-order valence-corrected chi connectivity index (χ0v) is 12.4. The Morgan fingerprint density at radius 3 is 2.25 bits per heavy atom. The van der Waals surface area contributed by atoms with E-state index in [4.69, 9.17) is 9.05 Å². The van der Waals surface area contributed by atoms with Crippen molar-refractivity contribution in [3.8, 4) is 0 Å². The van der Waals surface area contributed by atoms with Gasteiger partial charge < -0.3 is 14.4 Å². The fourth-order valence-electron chi connectivity index (χ4n) is 1.67. The number of likely N-dealkylation sites (N-methyl/N-ethyl adjacent to an activating group) is 1. The molecule has 0 saturated carbocycles. The van der Waals surface area contributed by atoms with Gasteiger partial charge in [-0.3, -0.25) is 0 Å². The number of aromatic nitrogens is 4. The Balaban J connectivity index is 1.87. The Labute approximate surface area is 118 Å². The highest BCUT2D eigenvalue weighted by molar-refractivity contribution is 4.95. The first-order valence-corrected chi connectivity index (χ1v) is 6.89. The van der Waals surface area contributed by atoms with Crippen molar-refractivity contribution in [1.29, 1.82) is 0 Å². The summed E-state index contributed by atoms with van der Waals surface area (Å²) in [5.74, 6) is 2.93. The van der Waals surface area contributed by atoms with Gasteiger partial charge in [0, 0.05) is 31.2 Å². The van der Waals surface area contributed by atoms with Gasteiger partial charge in [-0.1, -0.05) is 24.2 Å². The molecule has 0 aliphatic heterocycles. The molecule has 2 aromatic heterocycles. The molecule has 0 bridgehead atoms. The van der Waals surface area contributed by atoms with E-state index in [2.05, 4.69) is 32.5 Å². The largest absolute Gasteiger partial charge is 0.339 e. The van der Waals surface area contributed by atoms with Crippen molar-refractivity contribution >= 4 is 0 Å². The van der Waals surface area contributed by atoms with E-state index < -0.39 is 0 Å². The first-order valence-electron chi connectivity index (χ1n) is 6.89. The molecular formula is C13H21N5O2. The molecule has 0 amide bonds. The number of hydrogen-bond acceptors (Lipinski definition) is 7. The summed E-state index contributed by atoms with van der Waals surface area (Å²) >= 11 is 0. The van der Waals surface area contributed by atoms with E-state index in [0.29, 0.717) is 30.7 Å². The highest BCUT2D eigenvalue weighted by Crippen LogP contribution is 2.11. The van der Waals surface area contributed by atoms with Gasteiger partial charge in [-0.2, -0.15) is 9.97 Å². The number of hydrogen-bond donors (Lipinski definition) is 1.